The van der Waals surface area contributed by atoms with Crippen molar-refractivity contribution in [1.29, 1.82) is 0 Å². The number of nitrogens with two attached hydrogens (primary N) is 1. The zero-order valence-electron chi connectivity index (χ0n) is 19.4. The molecule has 0 fully saturated rings. The van der Waals surface area contributed by atoms with Gasteiger partial charge in [0.1, 0.15) is 5.52 Å². The second-order valence-corrected chi connectivity index (χ2v) is 8.90. The van der Waals surface area contributed by atoms with Crippen LogP contribution < -0.4 is 5.73 Å². The molecule has 0 saturated heterocycles. The topological polar surface area (TPSA) is 60.0 Å². The summed E-state index contributed by atoms with van der Waals surface area (Å²) in [7, 11) is 0. The number of para-hydroxylation sites is 1. The molecule has 0 aliphatic rings. The van der Waals surface area contributed by atoms with Gasteiger partial charge in [0.05, 0.1) is 17.6 Å². The molecular weight excluding hydrogens is 414 g/mol. The molecule has 0 amide bonds. The first-order valence-electron chi connectivity index (χ1n) is 11.0. The minimum absolute atomic E-state index is 0.477. The summed E-state index contributed by atoms with van der Waals surface area (Å²) in [5.41, 5.74) is 13.9. The van der Waals surface area contributed by atoms with Crippen LogP contribution in [0.25, 0.3) is 27.5 Å². The summed E-state index contributed by atoms with van der Waals surface area (Å²) in [5, 5.41) is 2.01. The highest BCUT2D eigenvalue weighted by atomic mass is 32.2. The molecule has 0 saturated carbocycles. The maximum absolute atomic E-state index is 6.30. The van der Waals surface area contributed by atoms with Crippen LogP contribution in [0.3, 0.4) is 0 Å². The molecule has 5 nitrogen and oxygen atoms in total. The van der Waals surface area contributed by atoms with Gasteiger partial charge in [-0.25, -0.2) is 9.97 Å². The van der Waals surface area contributed by atoms with E-state index >= 15 is 0 Å². The Morgan fingerprint density at radius 1 is 1.12 bits per heavy atom. The number of nitrogens with zero attached hydrogens (tertiary/aromatic N) is 4. The molecule has 0 aliphatic carbocycles. The maximum Gasteiger partial charge on any atom is 0.169 e. The molecule has 4 aromatic rings. The first-order chi connectivity index (χ1) is 15.5. The lowest BCUT2D eigenvalue weighted by molar-refractivity contribution is 0.295. The lowest BCUT2D eigenvalue weighted by atomic mass is 9.98. The molecule has 0 unspecified atom stereocenters. The van der Waals surface area contributed by atoms with Crippen LogP contribution >= 0.6 is 11.8 Å². The highest BCUT2D eigenvalue weighted by molar-refractivity contribution is 7.98. The average molecular weight is 446 g/mol. The van der Waals surface area contributed by atoms with Crippen LogP contribution in [0.2, 0.25) is 0 Å². The Morgan fingerprint density at radius 3 is 2.56 bits per heavy atom. The molecule has 2 heterocycles. The molecule has 2 N–H and O–H groups in total. The monoisotopic (exact) mass is 445 g/mol. The molecule has 4 rings (SSSR count). The van der Waals surface area contributed by atoms with Crippen molar-refractivity contribution in [2.24, 2.45) is 0 Å². The van der Waals surface area contributed by atoms with E-state index in [-0.39, 0.29) is 0 Å². The van der Waals surface area contributed by atoms with Crippen molar-refractivity contribution < 1.29 is 0 Å². The van der Waals surface area contributed by atoms with E-state index < -0.39 is 0 Å². The average Bonchev–Trinajstić information content (AvgIpc) is 3.17. The number of benzene rings is 2. The normalized spacial score (nSPS) is 11.7. The van der Waals surface area contributed by atoms with Crippen LogP contribution in [0.1, 0.15) is 37.5 Å². The third kappa shape index (κ3) is 4.12. The number of nitrogen functional groups attached to an aromatic ring is 1. The van der Waals surface area contributed by atoms with Crippen LogP contribution in [0.5, 0.6) is 0 Å². The number of hydrogen-bond donors (Lipinski definition) is 1. The van der Waals surface area contributed by atoms with E-state index in [9.17, 15) is 0 Å². The Hall–Kier alpha value is -2.83. The third-order valence-electron chi connectivity index (χ3n) is 6.02. The summed E-state index contributed by atoms with van der Waals surface area (Å²) in [4.78, 5) is 11.8. The van der Waals surface area contributed by atoms with Crippen molar-refractivity contribution in [3.05, 3.63) is 65.7 Å². The number of allylic oxidation sites excluding steroid dienone is 1. The zero-order chi connectivity index (χ0) is 22.8. The van der Waals surface area contributed by atoms with Crippen molar-refractivity contribution in [1.82, 2.24) is 19.4 Å². The number of rotatable bonds is 8. The van der Waals surface area contributed by atoms with E-state index in [1.165, 1.54) is 16.7 Å². The predicted octanol–water partition coefficient (Wildman–Crippen LogP) is 5.81. The first-order valence-corrected chi connectivity index (χ1v) is 12.3. The summed E-state index contributed by atoms with van der Waals surface area (Å²) in [6.07, 6.45) is 2.05. The van der Waals surface area contributed by atoms with Crippen LogP contribution in [0.4, 0.5) is 5.82 Å². The summed E-state index contributed by atoms with van der Waals surface area (Å²) < 4.78 is 2.27. The van der Waals surface area contributed by atoms with Crippen molar-refractivity contribution in [3.8, 4) is 0 Å². The van der Waals surface area contributed by atoms with Gasteiger partial charge in [0.25, 0.3) is 0 Å². The number of imidazole rings is 1. The Kier molecular flexibility index (Phi) is 6.53. The second-order valence-electron chi connectivity index (χ2n) is 8.13. The van der Waals surface area contributed by atoms with Gasteiger partial charge in [-0.2, -0.15) is 0 Å². The lowest BCUT2D eigenvalue weighted by Crippen LogP contribution is -2.22. The van der Waals surface area contributed by atoms with Gasteiger partial charge in [-0.3, -0.25) is 4.90 Å². The molecule has 32 heavy (non-hydrogen) atoms. The number of hydrogen-bond acceptors (Lipinski definition) is 5. The van der Waals surface area contributed by atoms with Crippen molar-refractivity contribution in [3.63, 3.8) is 0 Å². The Morgan fingerprint density at radius 2 is 1.88 bits per heavy atom. The van der Waals surface area contributed by atoms with E-state index in [2.05, 4.69) is 72.3 Å². The highest BCUT2D eigenvalue weighted by Gasteiger charge is 2.18. The largest absolute Gasteiger partial charge is 0.382 e. The number of fused-ring (bicyclic) bond motifs is 3. The fourth-order valence-electron chi connectivity index (χ4n) is 4.27. The summed E-state index contributed by atoms with van der Waals surface area (Å²) in [6.45, 7) is 14.5. The Labute approximate surface area is 194 Å². The Bertz CT molecular complexity index is 1290. The molecule has 0 aliphatic heterocycles. The van der Waals surface area contributed by atoms with Crippen molar-refractivity contribution >= 4 is 45.1 Å². The van der Waals surface area contributed by atoms with Crippen LogP contribution in [-0.4, -0.2) is 38.8 Å². The van der Waals surface area contributed by atoms with Gasteiger partial charge in [0.2, 0.25) is 0 Å². The molecule has 0 bridgehead atoms. The van der Waals surface area contributed by atoms with Gasteiger partial charge in [-0.05, 0) is 55.1 Å². The molecule has 2 aromatic heterocycles. The summed E-state index contributed by atoms with van der Waals surface area (Å²) >= 11 is 1.63. The SMILES string of the molecule is C=C(C)c1cc(Cn2c(SC)nc3c(N)nc4ccccc4c32)ccc1CN(CC)CC. The van der Waals surface area contributed by atoms with E-state index in [0.717, 1.165) is 52.3 Å². The molecule has 6 heteroatoms. The van der Waals surface area contributed by atoms with Gasteiger partial charge >= 0.3 is 0 Å². The third-order valence-corrected chi connectivity index (χ3v) is 6.70. The van der Waals surface area contributed by atoms with E-state index in [1.807, 2.05) is 18.2 Å². The molecule has 2 aromatic carbocycles. The number of thioether (sulfide) groups is 1. The minimum atomic E-state index is 0.477. The fraction of sp³-hybridized carbons (Fsp3) is 0.308. The van der Waals surface area contributed by atoms with Gasteiger partial charge in [-0.15, -0.1) is 0 Å². The quantitative estimate of drug-likeness (QED) is 0.347. The number of anilines is 1. The molecule has 0 radical (unpaired) electrons. The lowest BCUT2D eigenvalue weighted by Gasteiger charge is -2.21. The molecular formula is C26H31N5S. The number of pyridine rings is 1. The predicted molar refractivity (Wildman–Crippen MR) is 138 cm³/mol. The first kappa shape index (κ1) is 22.4. The van der Waals surface area contributed by atoms with Crippen molar-refractivity contribution in [2.75, 3.05) is 25.1 Å². The van der Waals surface area contributed by atoms with Crippen LogP contribution in [0.15, 0.2) is 54.2 Å². The Balaban J connectivity index is 1.83. The van der Waals surface area contributed by atoms with E-state index in [0.29, 0.717) is 12.4 Å². The number of aromatic nitrogens is 3. The standard InChI is InChI=1S/C26H31N5S/c1-6-30(7-2)16-19-13-12-18(14-21(19)17(3)4)15-31-24-20-10-8-9-11-22(20)28-25(27)23(24)29-26(31)32-5/h8-14H,3,6-7,15-16H2,1-2,4-5H3,(H2,27,28). The molecule has 166 valence electrons. The zero-order valence-corrected chi connectivity index (χ0v) is 20.2. The smallest absolute Gasteiger partial charge is 0.169 e. The molecule has 0 spiro atoms. The van der Waals surface area contributed by atoms with Gasteiger partial charge in [0, 0.05) is 11.9 Å². The fourth-order valence-corrected chi connectivity index (χ4v) is 4.83. The van der Waals surface area contributed by atoms with Crippen LogP contribution in [-0.2, 0) is 13.1 Å². The summed E-state index contributed by atoms with van der Waals surface area (Å²) in [6, 6.07) is 14.9. The maximum atomic E-state index is 6.30. The van der Waals surface area contributed by atoms with Gasteiger partial charge in [-0.1, -0.05) is 68.1 Å². The molecule has 0 atom stereocenters. The van der Waals surface area contributed by atoms with Crippen LogP contribution in [0, 0.1) is 0 Å². The van der Waals surface area contributed by atoms with Crippen molar-refractivity contribution in [2.45, 2.75) is 39.0 Å². The van der Waals surface area contributed by atoms with E-state index in [1.54, 1.807) is 11.8 Å². The summed E-state index contributed by atoms with van der Waals surface area (Å²) in [5.74, 6) is 0.477. The second kappa shape index (κ2) is 9.35. The highest BCUT2D eigenvalue weighted by Crippen LogP contribution is 2.32. The van der Waals surface area contributed by atoms with E-state index in [4.69, 9.17) is 10.7 Å². The van der Waals surface area contributed by atoms with Gasteiger partial charge in [0.15, 0.2) is 11.0 Å². The van der Waals surface area contributed by atoms with Gasteiger partial charge < -0.3 is 10.3 Å². The minimum Gasteiger partial charge on any atom is -0.382 e.